The van der Waals surface area contributed by atoms with Crippen molar-refractivity contribution in [1.29, 1.82) is 0 Å². The number of benzene rings is 2. The molecule has 0 radical (unpaired) electrons. The van der Waals surface area contributed by atoms with Crippen LogP contribution in [0.2, 0.25) is 0 Å². The lowest BCUT2D eigenvalue weighted by atomic mass is 10.2. The predicted molar refractivity (Wildman–Crippen MR) is 102 cm³/mol. The predicted octanol–water partition coefficient (Wildman–Crippen LogP) is 1.27. The van der Waals surface area contributed by atoms with Gasteiger partial charge in [-0.2, -0.15) is 4.31 Å². The molecule has 1 heterocycles. The molecule has 1 saturated heterocycles. The van der Waals surface area contributed by atoms with Gasteiger partial charge in [0.2, 0.25) is 10.0 Å². The first-order chi connectivity index (χ1) is 12.5. The van der Waals surface area contributed by atoms with Gasteiger partial charge < -0.3 is 9.64 Å². The summed E-state index contributed by atoms with van der Waals surface area (Å²) in [6.45, 7) is 8.02. The van der Waals surface area contributed by atoms with Crippen LogP contribution in [0, 0.1) is 13.8 Å². The van der Waals surface area contributed by atoms with E-state index in [4.69, 9.17) is 4.74 Å². The summed E-state index contributed by atoms with van der Waals surface area (Å²) in [5.41, 5.74) is 1.78. The zero-order chi connectivity index (χ0) is 18.6. The van der Waals surface area contributed by atoms with Crippen LogP contribution >= 0.6 is 0 Å². The van der Waals surface area contributed by atoms with Crippen LogP contribution in [-0.2, 0) is 10.0 Å². The first kappa shape index (κ1) is 18.9. The van der Waals surface area contributed by atoms with Gasteiger partial charge in [0.1, 0.15) is 18.9 Å². The summed E-state index contributed by atoms with van der Waals surface area (Å²) in [6, 6.07) is 15.4. The Morgan fingerprint density at radius 2 is 1.73 bits per heavy atom. The maximum Gasteiger partial charge on any atom is 0.243 e. The third-order valence-electron chi connectivity index (χ3n) is 4.86. The maximum atomic E-state index is 13.0. The van der Waals surface area contributed by atoms with E-state index in [1.807, 2.05) is 56.3 Å². The van der Waals surface area contributed by atoms with Gasteiger partial charge >= 0.3 is 0 Å². The lowest BCUT2D eigenvalue weighted by Crippen LogP contribution is -3.15. The first-order valence-corrected chi connectivity index (χ1v) is 10.5. The average molecular weight is 376 g/mol. The number of rotatable bonds is 6. The summed E-state index contributed by atoms with van der Waals surface area (Å²) in [6.07, 6.45) is 0. The van der Waals surface area contributed by atoms with Crippen molar-refractivity contribution in [3.8, 4) is 5.75 Å². The van der Waals surface area contributed by atoms with Crippen molar-refractivity contribution >= 4 is 10.0 Å². The highest BCUT2D eigenvalue weighted by molar-refractivity contribution is 7.89. The number of nitrogens with one attached hydrogen (secondary N) is 1. The molecule has 0 unspecified atom stereocenters. The smallest absolute Gasteiger partial charge is 0.243 e. The number of aryl methyl sites for hydroxylation is 2. The minimum absolute atomic E-state index is 0.438. The maximum absolute atomic E-state index is 13.0. The van der Waals surface area contributed by atoms with Crippen LogP contribution in [0.3, 0.4) is 0 Å². The zero-order valence-corrected chi connectivity index (χ0v) is 16.3. The second kappa shape index (κ2) is 8.20. The number of quaternary nitrogens is 1. The Hall–Kier alpha value is -1.89. The Kier molecular flexibility index (Phi) is 5.96. The lowest BCUT2D eigenvalue weighted by Gasteiger charge is -2.31. The zero-order valence-electron chi connectivity index (χ0n) is 15.4. The third-order valence-corrected chi connectivity index (χ3v) is 6.90. The first-order valence-electron chi connectivity index (χ1n) is 9.05. The van der Waals surface area contributed by atoms with Gasteiger partial charge in [-0.05, 0) is 43.2 Å². The van der Waals surface area contributed by atoms with Crippen molar-refractivity contribution in [3.63, 3.8) is 0 Å². The van der Waals surface area contributed by atoms with E-state index in [1.165, 1.54) is 4.90 Å². The van der Waals surface area contributed by atoms with Crippen LogP contribution in [0.25, 0.3) is 0 Å². The molecule has 1 aliphatic heterocycles. The Balaban J connectivity index is 1.53. The van der Waals surface area contributed by atoms with E-state index in [9.17, 15) is 8.42 Å². The second-order valence-electron chi connectivity index (χ2n) is 6.83. The number of ether oxygens (including phenoxy) is 1. The van der Waals surface area contributed by atoms with Crippen LogP contribution in [0.1, 0.15) is 11.1 Å². The topological polar surface area (TPSA) is 51.0 Å². The molecule has 5 nitrogen and oxygen atoms in total. The summed E-state index contributed by atoms with van der Waals surface area (Å²) in [5, 5.41) is 0. The SMILES string of the molecule is Cc1ccc(C)c(S(=O)(=O)N2CC[NH+](CCOc3ccccc3)CC2)c1. The number of nitrogens with zero attached hydrogens (tertiary/aromatic N) is 1. The molecule has 0 atom stereocenters. The van der Waals surface area contributed by atoms with Crippen molar-refractivity contribution in [3.05, 3.63) is 59.7 Å². The van der Waals surface area contributed by atoms with Crippen LogP contribution in [0.5, 0.6) is 5.75 Å². The van der Waals surface area contributed by atoms with Gasteiger partial charge in [-0.15, -0.1) is 0 Å². The molecule has 1 fully saturated rings. The normalized spacial score (nSPS) is 16.5. The highest BCUT2D eigenvalue weighted by atomic mass is 32.2. The van der Waals surface area contributed by atoms with E-state index in [0.29, 0.717) is 24.6 Å². The number of para-hydroxylation sites is 1. The van der Waals surface area contributed by atoms with Crippen LogP contribution in [-0.4, -0.2) is 52.1 Å². The molecule has 140 valence electrons. The van der Waals surface area contributed by atoms with Crippen LogP contribution < -0.4 is 9.64 Å². The molecule has 6 heteroatoms. The number of hydrogen-bond donors (Lipinski definition) is 1. The molecule has 2 aromatic carbocycles. The molecular formula is C20H27N2O3S+. The van der Waals surface area contributed by atoms with Gasteiger partial charge in [0, 0.05) is 0 Å². The van der Waals surface area contributed by atoms with Crippen molar-refractivity contribution in [1.82, 2.24) is 4.31 Å². The summed E-state index contributed by atoms with van der Waals surface area (Å²) in [5.74, 6) is 0.878. The molecule has 0 bridgehead atoms. The molecular weight excluding hydrogens is 348 g/mol. The van der Waals surface area contributed by atoms with Gasteiger partial charge in [-0.1, -0.05) is 30.3 Å². The monoisotopic (exact) mass is 375 g/mol. The van der Waals surface area contributed by atoms with E-state index in [2.05, 4.69) is 0 Å². The minimum Gasteiger partial charge on any atom is -0.488 e. The molecule has 0 amide bonds. The molecule has 1 N–H and O–H groups in total. The molecule has 0 saturated carbocycles. The van der Waals surface area contributed by atoms with Crippen LogP contribution in [0.15, 0.2) is 53.4 Å². The molecule has 0 aliphatic carbocycles. The van der Waals surface area contributed by atoms with E-state index in [-0.39, 0.29) is 0 Å². The van der Waals surface area contributed by atoms with E-state index in [0.717, 1.165) is 36.5 Å². The third kappa shape index (κ3) is 4.44. The van der Waals surface area contributed by atoms with Gasteiger partial charge in [-0.3, -0.25) is 0 Å². The highest BCUT2D eigenvalue weighted by Gasteiger charge is 2.31. The summed E-state index contributed by atoms with van der Waals surface area (Å²) in [7, 11) is -3.41. The van der Waals surface area contributed by atoms with Gasteiger partial charge in [0.05, 0.1) is 31.1 Å². The van der Waals surface area contributed by atoms with E-state index >= 15 is 0 Å². The average Bonchev–Trinajstić information content (AvgIpc) is 2.65. The van der Waals surface area contributed by atoms with Gasteiger partial charge in [-0.25, -0.2) is 8.42 Å². The van der Waals surface area contributed by atoms with Crippen LogP contribution in [0.4, 0.5) is 0 Å². The number of hydrogen-bond acceptors (Lipinski definition) is 3. The molecule has 26 heavy (non-hydrogen) atoms. The Bertz CT molecular complexity index is 829. The summed E-state index contributed by atoms with van der Waals surface area (Å²) < 4.78 is 33.3. The molecule has 2 aromatic rings. The molecule has 0 aromatic heterocycles. The van der Waals surface area contributed by atoms with Crippen molar-refractivity contribution in [2.24, 2.45) is 0 Å². The molecule has 1 aliphatic rings. The lowest BCUT2D eigenvalue weighted by molar-refractivity contribution is -0.903. The Labute approximate surface area is 156 Å². The Morgan fingerprint density at radius 3 is 2.42 bits per heavy atom. The largest absolute Gasteiger partial charge is 0.488 e. The number of sulfonamides is 1. The summed E-state index contributed by atoms with van der Waals surface area (Å²) in [4.78, 5) is 1.82. The van der Waals surface area contributed by atoms with E-state index < -0.39 is 10.0 Å². The minimum atomic E-state index is -3.41. The molecule has 3 rings (SSSR count). The van der Waals surface area contributed by atoms with Crippen molar-refractivity contribution in [2.75, 3.05) is 39.3 Å². The van der Waals surface area contributed by atoms with E-state index in [1.54, 1.807) is 10.4 Å². The number of piperazine rings is 1. The standard InChI is InChI=1S/C20H26N2O3S/c1-17-8-9-18(2)20(16-17)26(23,24)22-12-10-21(11-13-22)14-15-25-19-6-4-3-5-7-19/h3-9,16H,10-15H2,1-2H3/p+1. The Morgan fingerprint density at radius 1 is 1.04 bits per heavy atom. The quantitative estimate of drug-likeness (QED) is 0.827. The molecule has 0 spiro atoms. The summed E-state index contributed by atoms with van der Waals surface area (Å²) >= 11 is 0. The highest BCUT2D eigenvalue weighted by Crippen LogP contribution is 2.21. The van der Waals surface area contributed by atoms with Gasteiger partial charge in [0.15, 0.2) is 0 Å². The van der Waals surface area contributed by atoms with Crippen molar-refractivity contribution in [2.45, 2.75) is 18.7 Å². The second-order valence-corrected chi connectivity index (χ2v) is 8.74. The van der Waals surface area contributed by atoms with Crippen molar-refractivity contribution < 1.29 is 18.1 Å². The fourth-order valence-corrected chi connectivity index (χ4v) is 5.00. The fourth-order valence-electron chi connectivity index (χ4n) is 3.25. The van der Waals surface area contributed by atoms with Gasteiger partial charge in [0.25, 0.3) is 0 Å². The fraction of sp³-hybridized carbons (Fsp3) is 0.400.